The van der Waals surface area contributed by atoms with E-state index in [0.717, 1.165) is 5.56 Å². The molecule has 1 aromatic heterocycles. The molecule has 0 spiro atoms. The predicted molar refractivity (Wildman–Crippen MR) is 72.7 cm³/mol. The highest BCUT2D eigenvalue weighted by Crippen LogP contribution is 2.16. The fourth-order valence-electron chi connectivity index (χ4n) is 1.81. The van der Waals surface area contributed by atoms with Crippen LogP contribution in [0.25, 0.3) is 0 Å². The number of carbonyl (C=O) groups is 1. The molecule has 0 unspecified atom stereocenters. The van der Waals surface area contributed by atoms with Crippen molar-refractivity contribution in [3.63, 3.8) is 0 Å². The number of hydrogen-bond donors (Lipinski definition) is 0. The number of nitrogens with zero attached hydrogens (tertiary/aromatic N) is 1. The van der Waals surface area contributed by atoms with Crippen LogP contribution >= 0.6 is 11.6 Å². The number of aryl methyl sites for hydroxylation is 1. The van der Waals surface area contributed by atoms with E-state index in [4.69, 9.17) is 11.6 Å². The maximum Gasteiger partial charge on any atom is 0.137 e. The second-order valence-electron chi connectivity index (χ2n) is 4.31. The number of Topliss-reactive ketones (excluding diaryl/α,β-unsaturated/α-hetero) is 1. The first-order chi connectivity index (χ1) is 9.15. The topological polar surface area (TPSA) is 30.0 Å². The van der Waals surface area contributed by atoms with E-state index in [1.807, 2.05) is 12.1 Å². The third-order valence-electron chi connectivity index (χ3n) is 2.81. The number of carbonyl (C=O) groups excluding carboxylic acids is 1. The van der Waals surface area contributed by atoms with Gasteiger partial charge < -0.3 is 0 Å². The predicted octanol–water partition coefficient (Wildman–Crippen LogP) is 3.62. The Hall–Kier alpha value is -1.74. The van der Waals surface area contributed by atoms with Crippen molar-refractivity contribution in [2.24, 2.45) is 0 Å². The normalized spacial score (nSPS) is 10.4. The summed E-state index contributed by atoms with van der Waals surface area (Å²) in [6.45, 7) is 0. The van der Waals surface area contributed by atoms with E-state index in [-0.39, 0.29) is 18.0 Å². The second-order valence-corrected chi connectivity index (χ2v) is 4.75. The van der Waals surface area contributed by atoms with Crippen molar-refractivity contribution in [3.8, 4) is 0 Å². The summed E-state index contributed by atoms with van der Waals surface area (Å²) in [6.07, 6.45) is 4.49. The highest BCUT2D eigenvalue weighted by Gasteiger charge is 2.09. The molecular formula is C15H13ClFNO. The van der Waals surface area contributed by atoms with Crippen molar-refractivity contribution in [2.45, 2.75) is 19.3 Å². The summed E-state index contributed by atoms with van der Waals surface area (Å²) in [5, 5.41) is 0.441. The Labute approximate surface area is 116 Å². The molecule has 0 bridgehead atoms. The zero-order valence-corrected chi connectivity index (χ0v) is 11.0. The zero-order valence-electron chi connectivity index (χ0n) is 10.3. The Morgan fingerprint density at radius 2 is 2.16 bits per heavy atom. The van der Waals surface area contributed by atoms with Crippen LogP contribution in [0.3, 0.4) is 0 Å². The van der Waals surface area contributed by atoms with Gasteiger partial charge in [0.2, 0.25) is 0 Å². The number of rotatable bonds is 5. The van der Waals surface area contributed by atoms with E-state index < -0.39 is 0 Å². The molecule has 0 saturated carbocycles. The minimum Gasteiger partial charge on any atom is -0.299 e. The van der Waals surface area contributed by atoms with Gasteiger partial charge in [0.1, 0.15) is 11.6 Å². The van der Waals surface area contributed by atoms with Gasteiger partial charge in [-0.15, -0.1) is 0 Å². The van der Waals surface area contributed by atoms with Crippen LogP contribution < -0.4 is 0 Å². The molecule has 4 heteroatoms. The summed E-state index contributed by atoms with van der Waals surface area (Å²) >= 11 is 5.79. The van der Waals surface area contributed by atoms with Gasteiger partial charge in [-0.3, -0.25) is 9.78 Å². The standard InChI is InChI=1S/C15H13ClFNO/c16-13-4-6-15(17)12(8-13)9-14(19)5-3-11-2-1-7-18-10-11/h1-2,4,6-8,10H,3,5,9H2. The number of benzene rings is 1. The first-order valence-corrected chi connectivity index (χ1v) is 6.37. The van der Waals surface area contributed by atoms with Gasteiger partial charge in [0.15, 0.2) is 0 Å². The van der Waals surface area contributed by atoms with Gasteiger partial charge >= 0.3 is 0 Å². The van der Waals surface area contributed by atoms with E-state index in [1.54, 1.807) is 12.4 Å². The Kier molecular flexibility index (Phi) is 4.63. The van der Waals surface area contributed by atoms with Crippen LogP contribution in [0.5, 0.6) is 0 Å². The number of halogens is 2. The summed E-state index contributed by atoms with van der Waals surface area (Å²) in [6, 6.07) is 8.00. The minimum absolute atomic E-state index is 0.00924. The maximum absolute atomic E-state index is 13.5. The molecule has 0 N–H and O–H groups in total. The zero-order chi connectivity index (χ0) is 13.7. The first-order valence-electron chi connectivity index (χ1n) is 5.99. The number of pyridine rings is 1. The van der Waals surface area contributed by atoms with Crippen molar-refractivity contribution in [2.75, 3.05) is 0 Å². The largest absolute Gasteiger partial charge is 0.299 e. The van der Waals surface area contributed by atoms with E-state index in [9.17, 15) is 9.18 Å². The van der Waals surface area contributed by atoms with Gasteiger partial charge in [-0.1, -0.05) is 17.7 Å². The summed E-state index contributed by atoms with van der Waals surface area (Å²) in [7, 11) is 0. The van der Waals surface area contributed by atoms with Gasteiger partial charge in [-0.05, 0) is 41.8 Å². The molecule has 2 nitrogen and oxygen atoms in total. The van der Waals surface area contributed by atoms with E-state index in [2.05, 4.69) is 4.98 Å². The molecule has 0 radical (unpaired) electrons. The van der Waals surface area contributed by atoms with Crippen LogP contribution in [0.2, 0.25) is 5.02 Å². The molecule has 0 aliphatic carbocycles. The van der Waals surface area contributed by atoms with Crippen molar-refractivity contribution in [1.29, 1.82) is 0 Å². The lowest BCUT2D eigenvalue weighted by Crippen LogP contribution is -2.06. The molecule has 0 aliphatic rings. The molecule has 19 heavy (non-hydrogen) atoms. The Morgan fingerprint density at radius 1 is 1.32 bits per heavy atom. The van der Waals surface area contributed by atoms with Crippen LogP contribution in [-0.4, -0.2) is 10.8 Å². The van der Waals surface area contributed by atoms with Gasteiger partial charge in [0.25, 0.3) is 0 Å². The Balaban J connectivity index is 1.93. The summed E-state index contributed by atoms with van der Waals surface area (Å²) in [4.78, 5) is 15.8. The molecule has 0 aliphatic heterocycles. The van der Waals surface area contributed by atoms with Crippen LogP contribution in [0.15, 0.2) is 42.7 Å². The molecule has 0 fully saturated rings. The fraction of sp³-hybridized carbons (Fsp3) is 0.200. The monoisotopic (exact) mass is 277 g/mol. The van der Waals surface area contributed by atoms with Gasteiger partial charge in [0.05, 0.1) is 0 Å². The third kappa shape index (κ3) is 4.14. The molecule has 2 rings (SSSR count). The number of aromatic nitrogens is 1. The summed E-state index contributed by atoms with van der Waals surface area (Å²) in [5.74, 6) is -0.399. The highest BCUT2D eigenvalue weighted by molar-refractivity contribution is 6.30. The smallest absolute Gasteiger partial charge is 0.137 e. The molecule has 0 atom stereocenters. The molecule has 0 amide bonds. The van der Waals surface area contributed by atoms with Crippen LogP contribution in [-0.2, 0) is 17.6 Å². The Bertz CT molecular complexity index is 572. The number of hydrogen-bond acceptors (Lipinski definition) is 2. The van der Waals surface area contributed by atoms with E-state index in [1.165, 1.54) is 18.2 Å². The van der Waals surface area contributed by atoms with Gasteiger partial charge in [-0.2, -0.15) is 0 Å². The van der Waals surface area contributed by atoms with Crippen molar-refractivity contribution in [1.82, 2.24) is 4.98 Å². The average Bonchev–Trinajstić information content (AvgIpc) is 2.42. The van der Waals surface area contributed by atoms with E-state index in [0.29, 0.717) is 23.4 Å². The summed E-state index contributed by atoms with van der Waals surface area (Å²) in [5.41, 5.74) is 1.35. The van der Waals surface area contributed by atoms with Crippen molar-refractivity contribution in [3.05, 3.63) is 64.7 Å². The fourth-order valence-corrected chi connectivity index (χ4v) is 2.00. The second kappa shape index (κ2) is 6.43. The maximum atomic E-state index is 13.5. The molecule has 98 valence electrons. The molecule has 0 saturated heterocycles. The molecular weight excluding hydrogens is 265 g/mol. The molecule has 1 aromatic carbocycles. The van der Waals surface area contributed by atoms with E-state index >= 15 is 0 Å². The minimum atomic E-state index is -0.390. The lowest BCUT2D eigenvalue weighted by molar-refractivity contribution is -0.118. The SMILES string of the molecule is O=C(CCc1cccnc1)Cc1cc(Cl)ccc1F. The van der Waals surface area contributed by atoms with Crippen molar-refractivity contribution < 1.29 is 9.18 Å². The summed E-state index contributed by atoms with van der Waals surface area (Å²) < 4.78 is 13.5. The third-order valence-corrected chi connectivity index (χ3v) is 3.05. The van der Waals surface area contributed by atoms with Gasteiger partial charge in [-0.25, -0.2) is 4.39 Å². The first kappa shape index (κ1) is 13.7. The number of ketones is 1. The highest BCUT2D eigenvalue weighted by atomic mass is 35.5. The Morgan fingerprint density at radius 3 is 2.89 bits per heavy atom. The van der Waals surface area contributed by atoms with Crippen LogP contribution in [0, 0.1) is 5.82 Å². The molecule has 2 aromatic rings. The van der Waals surface area contributed by atoms with Crippen LogP contribution in [0.1, 0.15) is 17.5 Å². The van der Waals surface area contributed by atoms with Crippen molar-refractivity contribution >= 4 is 17.4 Å². The van der Waals surface area contributed by atoms with Crippen LogP contribution in [0.4, 0.5) is 4.39 Å². The molecule has 1 heterocycles. The van der Waals surface area contributed by atoms with Gasteiger partial charge in [0, 0.05) is 30.3 Å². The average molecular weight is 278 g/mol. The lowest BCUT2D eigenvalue weighted by atomic mass is 10.0. The quantitative estimate of drug-likeness (QED) is 0.835. The lowest BCUT2D eigenvalue weighted by Gasteiger charge is -2.04.